The molecule has 0 heterocycles. The van der Waals surface area contributed by atoms with Gasteiger partial charge in [-0.15, -0.1) is 0 Å². The molecule has 0 aromatic heterocycles. The summed E-state index contributed by atoms with van der Waals surface area (Å²) < 4.78 is 0. The van der Waals surface area contributed by atoms with Crippen LogP contribution in [0.4, 0.5) is 0 Å². The molecule has 2 aromatic rings. The van der Waals surface area contributed by atoms with E-state index < -0.39 is 0 Å². The van der Waals surface area contributed by atoms with Crippen molar-refractivity contribution in [3.63, 3.8) is 0 Å². The third-order valence-electron chi connectivity index (χ3n) is 4.34. The van der Waals surface area contributed by atoms with E-state index in [4.69, 9.17) is 0 Å². The minimum atomic E-state index is 1.09. The summed E-state index contributed by atoms with van der Waals surface area (Å²) in [7, 11) is 0. The second kappa shape index (κ2) is 5.66. The van der Waals surface area contributed by atoms with Crippen molar-refractivity contribution < 1.29 is 0 Å². The molecule has 0 spiro atoms. The SMILES string of the molecule is CC=C(CCCC)c1cccc2c1Cc1ccccc1-2. The Morgan fingerprint density at radius 1 is 1.05 bits per heavy atom. The molecular weight excluding hydrogens is 240 g/mol. The van der Waals surface area contributed by atoms with Crippen molar-refractivity contribution >= 4 is 5.57 Å². The van der Waals surface area contributed by atoms with E-state index in [1.54, 1.807) is 0 Å². The van der Waals surface area contributed by atoms with Gasteiger partial charge in [0.25, 0.3) is 0 Å². The number of allylic oxidation sites excluding steroid dienone is 2. The van der Waals surface area contributed by atoms with Crippen LogP contribution >= 0.6 is 0 Å². The fraction of sp³-hybridized carbons (Fsp3) is 0.300. The first-order chi connectivity index (χ1) is 9.85. The molecule has 0 N–H and O–H groups in total. The van der Waals surface area contributed by atoms with E-state index in [-0.39, 0.29) is 0 Å². The van der Waals surface area contributed by atoms with Crippen LogP contribution in [0.15, 0.2) is 48.5 Å². The van der Waals surface area contributed by atoms with Crippen molar-refractivity contribution in [1.29, 1.82) is 0 Å². The Bertz CT molecular complexity index is 647. The van der Waals surface area contributed by atoms with E-state index >= 15 is 0 Å². The van der Waals surface area contributed by atoms with Gasteiger partial charge in [0.15, 0.2) is 0 Å². The lowest BCUT2D eigenvalue weighted by molar-refractivity contribution is 0.823. The zero-order valence-electron chi connectivity index (χ0n) is 12.4. The van der Waals surface area contributed by atoms with Gasteiger partial charge in [0.2, 0.25) is 0 Å². The Labute approximate surface area is 122 Å². The normalized spacial score (nSPS) is 13.2. The second-order valence-corrected chi connectivity index (χ2v) is 5.58. The monoisotopic (exact) mass is 262 g/mol. The summed E-state index contributed by atoms with van der Waals surface area (Å²) in [6.45, 7) is 4.44. The standard InChI is InChI=1S/C20H22/c1-3-5-9-15(4-2)17-12-8-13-19-18-11-7-6-10-16(18)14-20(17)19/h4,6-8,10-13H,3,5,9,14H2,1-2H3. The maximum atomic E-state index is 2.30. The number of fused-ring (bicyclic) bond motifs is 3. The molecule has 0 amide bonds. The Balaban J connectivity index is 2.05. The molecule has 0 bridgehead atoms. The molecule has 3 rings (SSSR count). The van der Waals surface area contributed by atoms with Gasteiger partial charge in [-0.25, -0.2) is 0 Å². The van der Waals surface area contributed by atoms with Crippen molar-refractivity contribution in [2.45, 2.75) is 39.5 Å². The second-order valence-electron chi connectivity index (χ2n) is 5.58. The minimum absolute atomic E-state index is 1.09. The molecule has 0 atom stereocenters. The molecule has 0 radical (unpaired) electrons. The molecule has 0 saturated heterocycles. The minimum Gasteiger partial charge on any atom is -0.0838 e. The quantitative estimate of drug-likeness (QED) is 0.553. The third kappa shape index (κ3) is 2.20. The van der Waals surface area contributed by atoms with Crippen molar-refractivity contribution in [2.75, 3.05) is 0 Å². The molecule has 2 aromatic carbocycles. The molecule has 0 aliphatic heterocycles. The summed E-state index contributed by atoms with van der Waals surface area (Å²) in [6.07, 6.45) is 7.11. The Morgan fingerprint density at radius 3 is 2.65 bits per heavy atom. The fourth-order valence-corrected chi connectivity index (χ4v) is 3.26. The lowest BCUT2D eigenvalue weighted by Crippen LogP contribution is -1.93. The van der Waals surface area contributed by atoms with Gasteiger partial charge in [-0.2, -0.15) is 0 Å². The zero-order chi connectivity index (χ0) is 13.9. The van der Waals surface area contributed by atoms with Crippen molar-refractivity contribution in [2.24, 2.45) is 0 Å². The molecule has 20 heavy (non-hydrogen) atoms. The van der Waals surface area contributed by atoms with E-state index in [2.05, 4.69) is 62.4 Å². The predicted molar refractivity (Wildman–Crippen MR) is 87.9 cm³/mol. The molecule has 0 heteroatoms. The molecule has 0 nitrogen and oxygen atoms in total. The maximum absolute atomic E-state index is 2.30. The number of hydrogen-bond donors (Lipinski definition) is 0. The highest BCUT2D eigenvalue weighted by Crippen LogP contribution is 2.40. The fourth-order valence-electron chi connectivity index (χ4n) is 3.26. The van der Waals surface area contributed by atoms with Crippen LogP contribution in [-0.4, -0.2) is 0 Å². The van der Waals surface area contributed by atoms with Gasteiger partial charge in [-0.3, -0.25) is 0 Å². The molecule has 102 valence electrons. The Morgan fingerprint density at radius 2 is 1.85 bits per heavy atom. The molecule has 1 aliphatic rings. The van der Waals surface area contributed by atoms with Gasteiger partial charge in [-0.1, -0.05) is 61.9 Å². The summed E-state index contributed by atoms with van der Waals surface area (Å²) in [5.41, 5.74) is 8.84. The van der Waals surface area contributed by atoms with E-state index in [0.29, 0.717) is 0 Å². The van der Waals surface area contributed by atoms with E-state index in [1.807, 2.05) is 0 Å². The number of unbranched alkanes of at least 4 members (excludes halogenated alkanes) is 1. The average molecular weight is 262 g/mol. The highest BCUT2D eigenvalue weighted by atomic mass is 14.2. The van der Waals surface area contributed by atoms with Gasteiger partial charge in [0.1, 0.15) is 0 Å². The van der Waals surface area contributed by atoms with Crippen LogP contribution in [0.2, 0.25) is 0 Å². The summed E-state index contributed by atoms with van der Waals surface area (Å²) in [4.78, 5) is 0. The van der Waals surface area contributed by atoms with Crippen LogP contribution in [0.3, 0.4) is 0 Å². The van der Waals surface area contributed by atoms with Crippen LogP contribution < -0.4 is 0 Å². The lowest BCUT2D eigenvalue weighted by atomic mass is 9.92. The molecule has 1 aliphatic carbocycles. The highest BCUT2D eigenvalue weighted by Gasteiger charge is 2.21. The zero-order valence-corrected chi connectivity index (χ0v) is 12.4. The van der Waals surface area contributed by atoms with E-state index in [0.717, 1.165) is 6.42 Å². The summed E-state index contributed by atoms with van der Waals surface area (Å²) in [5.74, 6) is 0. The highest BCUT2D eigenvalue weighted by molar-refractivity contribution is 5.83. The summed E-state index contributed by atoms with van der Waals surface area (Å²) in [6, 6.07) is 15.6. The first kappa shape index (κ1) is 13.2. The van der Waals surface area contributed by atoms with Crippen molar-refractivity contribution in [1.82, 2.24) is 0 Å². The van der Waals surface area contributed by atoms with Crippen LogP contribution in [0, 0.1) is 0 Å². The first-order valence-electron chi connectivity index (χ1n) is 7.71. The largest absolute Gasteiger partial charge is 0.0838 e. The van der Waals surface area contributed by atoms with Gasteiger partial charge >= 0.3 is 0 Å². The van der Waals surface area contributed by atoms with Crippen LogP contribution in [-0.2, 0) is 6.42 Å². The topological polar surface area (TPSA) is 0 Å². The van der Waals surface area contributed by atoms with Crippen molar-refractivity contribution in [3.05, 3.63) is 65.2 Å². The first-order valence-corrected chi connectivity index (χ1v) is 7.71. The number of rotatable bonds is 4. The lowest BCUT2D eigenvalue weighted by Gasteiger charge is -2.12. The predicted octanol–water partition coefficient (Wildman–Crippen LogP) is 5.85. The Hall–Kier alpha value is -1.82. The van der Waals surface area contributed by atoms with Gasteiger partial charge in [-0.05, 0) is 59.6 Å². The van der Waals surface area contributed by atoms with Crippen LogP contribution in [0.25, 0.3) is 16.7 Å². The third-order valence-corrected chi connectivity index (χ3v) is 4.34. The van der Waals surface area contributed by atoms with E-state index in [1.165, 1.54) is 52.7 Å². The summed E-state index contributed by atoms with van der Waals surface area (Å²) >= 11 is 0. The van der Waals surface area contributed by atoms with Gasteiger partial charge in [0, 0.05) is 0 Å². The maximum Gasteiger partial charge on any atom is -0.000740 e. The number of benzene rings is 2. The van der Waals surface area contributed by atoms with Crippen molar-refractivity contribution in [3.8, 4) is 11.1 Å². The smallest absolute Gasteiger partial charge is 0.000740 e. The van der Waals surface area contributed by atoms with Gasteiger partial charge in [0.05, 0.1) is 0 Å². The molecule has 0 unspecified atom stereocenters. The van der Waals surface area contributed by atoms with E-state index in [9.17, 15) is 0 Å². The number of hydrogen-bond acceptors (Lipinski definition) is 0. The summed E-state index contributed by atoms with van der Waals surface area (Å²) in [5, 5.41) is 0. The van der Waals surface area contributed by atoms with Gasteiger partial charge < -0.3 is 0 Å². The molecular formula is C20H22. The van der Waals surface area contributed by atoms with Crippen LogP contribution in [0.5, 0.6) is 0 Å². The molecule has 0 fully saturated rings. The molecule has 0 saturated carbocycles. The van der Waals surface area contributed by atoms with Crippen LogP contribution in [0.1, 0.15) is 49.8 Å². The average Bonchev–Trinajstić information content (AvgIpc) is 2.87. The Kier molecular flexibility index (Phi) is 3.73.